The van der Waals surface area contributed by atoms with Crippen molar-refractivity contribution in [1.82, 2.24) is 4.90 Å². The predicted molar refractivity (Wildman–Crippen MR) is 66.2 cm³/mol. The van der Waals surface area contributed by atoms with Gasteiger partial charge in [-0.1, -0.05) is 0 Å². The Kier molecular flexibility index (Phi) is 4.51. The van der Waals surface area contributed by atoms with E-state index in [9.17, 15) is 4.79 Å². The molecule has 0 aromatic heterocycles. The summed E-state index contributed by atoms with van der Waals surface area (Å²) in [4.78, 5) is 17.5. The van der Waals surface area contributed by atoms with Crippen molar-refractivity contribution < 1.29 is 14.3 Å². The normalized spacial score (nSPS) is 10.4. The smallest absolute Gasteiger partial charge is 0.341 e. The van der Waals surface area contributed by atoms with E-state index in [1.807, 2.05) is 19.0 Å². The highest BCUT2D eigenvalue weighted by Gasteiger charge is 2.12. The third-order valence-electron chi connectivity index (χ3n) is 2.03. The molecule has 0 atom stereocenters. The number of esters is 1. The summed E-state index contributed by atoms with van der Waals surface area (Å²) in [7, 11) is 6.59. The van der Waals surface area contributed by atoms with Gasteiger partial charge in [-0.05, 0) is 12.1 Å². The first-order chi connectivity index (χ1) is 8.08. The Morgan fingerprint density at radius 3 is 2.59 bits per heavy atom. The molecule has 0 spiro atoms. The van der Waals surface area contributed by atoms with Crippen LogP contribution in [0.2, 0.25) is 0 Å². The summed E-state index contributed by atoms with van der Waals surface area (Å²) in [6, 6.07) is 5.05. The molecule has 0 aliphatic carbocycles. The standard InChI is InChI=1S/C12H16N2O3/c1-14(2)8-13-9-5-6-10(12(15)17-4)11(7-9)16-3/h5-8H,1-4H3. The van der Waals surface area contributed by atoms with Crippen molar-refractivity contribution in [3.05, 3.63) is 23.8 Å². The lowest BCUT2D eigenvalue weighted by Gasteiger charge is -2.08. The van der Waals surface area contributed by atoms with Gasteiger partial charge in [0.1, 0.15) is 11.3 Å². The lowest BCUT2D eigenvalue weighted by atomic mass is 10.2. The molecular formula is C12H16N2O3. The first-order valence-electron chi connectivity index (χ1n) is 5.05. The molecule has 92 valence electrons. The summed E-state index contributed by atoms with van der Waals surface area (Å²) in [6.07, 6.45) is 1.67. The van der Waals surface area contributed by atoms with Gasteiger partial charge in [0, 0.05) is 20.2 Å². The summed E-state index contributed by atoms with van der Waals surface area (Å²) < 4.78 is 9.78. The van der Waals surface area contributed by atoms with Crippen LogP contribution in [0, 0.1) is 0 Å². The zero-order valence-electron chi connectivity index (χ0n) is 10.4. The van der Waals surface area contributed by atoms with Crippen LogP contribution in [0.5, 0.6) is 5.75 Å². The summed E-state index contributed by atoms with van der Waals surface area (Å²) in [6.45, 7) is 0. The molecule has 0 aliphatic heterocycles. The second-order valence-corrected chi connectivity index (χ2v) is 3.58. The van der Waals surface area contributed by atoms with Crippen LogP contribution in [0.4, 0.5) is 5.69 Å². The average molecular weight is 236 g/mol. The molecule has 1 aromatic rings. The summed E-state index contributed by atoms with van der Waals surface area (Å²) >= 11 is 0. The Hall–Kier alpha value is -2.04. The first kappa shape index (κ1) is 13.0. The van der Waals surface area contributed by atoms with E-state index in [-0.39, 0.29) is 0 Å². The minimum Gasteiger partial charge on any atom is -0.496 e. The molecule has 0 saturated carbocycles. The lowest BCUT2D eigenvalue weighted by Crippen LogP contribution is -2.07. The third kappa shape index (κ3) is 3.48. The molecule has 0 radical (unpaired) electrons. The van der Waals surface area contributed by atoms with Gasteiger partial charge in [0.15, 0.2) is 0 Å². The van der Waals surface area contributed by atoms with E-state index in [0.717, 1.165) is 0 Å². The molecule has 5 heteroatoms. The molecule has 0 N–H and O–H groups in total. The van der Waals surface area contributed by atoms with E-state index in [0.29, 0.717) is 17.0 Å². The highest BCUT2D eigenvalue weighted by atomic mass is 16.5. The summed E-state index contributed by atoms with van der Waals surface area (Å²) in [5.41, 5.74) is 1.10. The Labute approximate surface area is 101 Å². The zero-order chi connectivity index (χ0) is 12.8. The van der Waals surface area contributed by atoms with Gasteiger partial charge >= 0.3 is 5.97 Å². The van der Waals surface area contributed by atoms with Crippen LogP contribution >= 0.6 is 0 Å². The molecular weight excluding hydrogens is 220 g/mol. The highest BCUT2D eigenvalue weighted by Crippen LogP contribution is 2.25. The van der Waals surface area contributed by atoms with Gasteiger partial charge < -0.3 is 14.4 Å². The van der Waals surface area contributed by atoms with Gasteiger partial charge in [0.2, 0.25) is 0 Å². The fraction of sp³-hybridized carbons (Fsp3) is 0.333. The van der Waals surface area contributed by atoms with Crippen molar-refractivity contribution in [2.24, 2.45) is 4.99 Å². The fourth-order valence-electron chi connectivity index (χ4n) is 1.22. The maximum atomic E-state index is 11.4. The van der Waals surface area contributed by atoms with E-state index in [4.69, 9.17) is 4.74 Å². The minimum atomic E-state index is -0.426. The maximum absolute atomic E-state index is 11.4. The van der Waals surface area contributed by atoms with Gasteiger partial charge in [-0.2, -0.15) is 0 Å². The molecule has 0 unspecified atom stereocenters. The van der Waals surface area contributed by atoms with Gasteiger partial charge in [-0.15, -0.1) is 0 Å². The largest absolute Gasteiger partial charge is 0.496 e. The van der Waals surface area contributed by atoms with Crippen molar-refractivity contribution >= 4 is 18.0 Å². The van der Waals surface area contributed by atoms with Crippen molar-refractivity contribution in [3.8, 4) is 5.75 Å². The van der Waals surface area contributed by atoms with Crippen molar-refractivity contribution in [2.75, 3.05) is 28.3 Å². The number of methoxy groups -OCH3 is 2. The lowest BCUT2D eigenvalue weighted by molar-refractivity contribution is 0.0597. The van der Waals surface area contributed by atoms with E-state index in [1.54, 1.807) is 24.5 Å². The fourth-order valence-corrected chi connectivity index (χ4v) is 1.22. The van der Waals surface area contributed by atoms with Crippen LogP contribution in [0.3, 0.4) is 0 Å². The SMILES string of the molecule is COC(=O)c1ccc(N=CN(C)C)cc1OC. The Balaban J connectivity index is 3.04. The Morgan fingerprint density at radius 1 is 1.35 bits per heavy atom. The van der Waals surface area contributed by atoms with Gasteiger partial charge in [0.25, 0.3) is 0 Å². The van der Waals surface area contributed by atoms with Crippen molar-refractivity contribution in [1.29, 1.82) is 0 Å². The second-order valence-electron chi connectivity index (χ2n) is 3.58. The first-order valence-corrected chi connectivity index (χ1v) is 5.05. The second kappa shape index (κ2) is 5.89. The number of hydrogen-bond donors (Lipinski definition) is 0. The highest BCUT2D eigenvalue weighted by molar-refractivity contribution is 5.93. The number of ether oxygens (including phenoxy) is 2. The van der Waals surface area contributed by atoms with Crippen molar-refractivity contribution in [3.63, 3.8) is 0 Å². The number of nitrogens with zero attached hydrogens (tertiary/aromatic N) is 2. The quantitative estimate of drug-likeness (QED) is 0.453. The molecule has 0 aliphatic rings. The molecule has 0 bridgehead atoms. The number of benzene rings is 1. The molecule has 17 heavy (non-hydrogen) atoms. The van der Waals surface area contributed by atoms with Crippen LogP contribution in [-0.2, 0) is 4.74 Å². The van der Waals surface area contributed by atoms with Gasteiger partial charge in [-0.25, -0.2) is 9.79 Å². The topological polar surface area (TPSA) is 51.1 Å². The van der Waals surface area contributed by atoms with Gasteiger partial charge in [0.05, 0.1) is 26.2 Å². The van der Waals surface area contributed by atoms with Crippen LogP contribution in [0.1, 0.15) is 10.4 Å². The average Bonchev–Trinajstić information content (AvgIpc) is 2.34. The van der Waals surface area contributed by atoms with E-state index >= 15 is 0 Å². The summed E-state index contributed by atoms with van der Waals surface area (Å²) in [5.74, 6) is 0.0234. The third-order valence-corrected chi connectivity index (χ3v) is 2.03. The van der Waals surface area contributed by atoms with E-state index in [2.05, 4.69) is 9.73 Å². The number of carbonyl (C=O) groups is 1. The monoisotopic (exact) mass is 236 g/mol. The summed E-state index contributed by atoms with van der Waals surface area (Å²) in [5, 5.41) is 0. The number of aliphatic imine (C=N–C) groups is 1. The molecule has 1 rings (SSSR count). The number of carbonyl (C=O) groups excluding carboxylic acids is 1. The minimum absolute atomic E-state index is 0.388. The number of hydrogen-bond acceptors (Lipinski definition) is 4. The predicted octanol–water partition coefficient (Wildman–Crippen LogP) is 1.70. The van der Waals surface area contributed by atoms with Crippen LogP contribution in [0.25, 0.3) is 0 Å². The molecule has 1 aromatic carbocycles. The van der Waals surface area contributed by atoms with Crippen LogP contribution in [0.15, 0.2) is 23.2 Å². The van der Waals surface area contributed by atoms with E-state index in [1.165, 1.54) is 14.2 Å². The van der Waals surface area contributed by atoms with Crippen molar-refractivity contribution in [2.45, 2.75) is 0 Å². The van der Waals surface area contributed by atoms with Crippen LogP contribution in [-0.4, -0.2) is 45.5 Å². The van der Waals surface area contributed by atoms with Gasteiger partial charge in [-0.3, -0.25) is 0 Å². The van der Waals surface area contributed by atoms with Crippen LogP contribution < -0.4 is 4.74 Å². The molecule has 5 nitrogen and oxygen atoms in total. The maximum Gasteiger partial charge on any atom is 0.341 e. The molecule has 0 amide bonds. The molecule has 0 heterocycles. The Bertz CT molecular complexity index is 428. The zero-order valence-corrected chi connectivity index (χ0v) is 10.4. The van der Waals surface area contributed by atoms with E-state index < -0.39 is 5.97 Å². The number of rotatable bonds is 4. The Morgan fingerprint density at radius 2 is 2.06 bits per heavy atom. The molecule has 0 saturated heterocycles. The molecule has 0 fully saturated rings.